The van der Waals surface area contributed by atoms with E-state index in [0.717, 1.165) is 5.56 Å². The number of carbonyl (C=O) groups excluding carboxylic acids is 1. The summed E-state index contributed by atoms with van der Waals surface area (Å²) >= 11 is 5.80. The number of aromatic nitrogens is 2. The fraction of sp³-hybridized carbons (Fsp3) is 0.524. The lowest BCUT2D eigenvalue weighted by molar-refractivity contribution is 0.0122. The van der Waals surface area contributed by atoms with Crippen molar-refractivity contribution in [2.75, 3.05) is 13.1 Å². The Bertz CT molecular complexity index is 871. The van der Waals surface area contributed by atoms with Crippen LogP contribution in [-0.2, 0) is 11.3 Å². The highest BCUT2D eigenvalue weighted by Crippen LogP contribution is 2.23. The Morgan fingerprint density at radius 2 is 2.00 bits per heavy atom. The van der Waals surface area contributed by atoms with Crippen LogP contribution in [0.1, 0.15) is 44.7 Å². The van der Waals surface area contributed by atoms with Crippen LogP contribution in [0.2, 0.25) is 5.02 Å². The summed E-state index contributed by atoms with van der Waals surface area (Å²) in [6.07, 6.45) is 2.93. The number of nitrogens with zero attached hydrogens (tertiary/aromatic N) is 3. The molecular weight excluding hydrogens is 397 g/mol. The van der Waals surface area contributed by atoms with Crippen molar-refractivity contribution in [3.63, 3.8) is 0 Å². The van der Waals surface area contributed by atoms with Crippen LogP contribution in [0.25, 0.3) is 0 Å². The van der Waals surface area contributed by atoms with E-state index in [0.29, 0.717) is 48.9 Å². The van der Waals surface area contributed by atoms with Crippen molar-refractivity contribution in [2.24, 2.45) is 0 Å². The first kappa shape index (κ1) is 21.4. The first-order chi connectivity index (χ1) is 13.6. The maximum Gasteiger partial charge on any atom is 0.410 e. The van der Waals surface area contributed by atoms with E-state index in [4.69, 9.17) is 21.1 Å². The molecule has 1 aliphatic rings. The fourth-order valence-corrected chi connectivity index (χ4v) is 3.32. The summed E-state index contributed by atoms with van der Waals surface area (Å²) in [6.45, 7) is 8.93. The Kier molecular flexibility index (Phi) is 6.36. The van der Waals surface area contributed by atoms with Gasteiger partial charge in [-0.15, -0.1) is 5.10 Å². The lowest BCUT2D eigenvalue weighted by Gasteiger charge is -2.33. The van der Waals surface area contributed by atoms with Gasteiger partial charge in [0.2, 0.25) is 5.88 Å². The fourth-order valence-electron chi connectivity index (χ4n) is 3.17. The molecule has 1 saturated heterocycles. The van der Waals surface area contributed by atoms with Crippen LogP contribution >= 0.6 is 11.6 Å². The summed E-state index contributed by atoms with van der Waals surface area (Å²) in [5.74, 6) is 0.178. The molecule has 1 aliphatic heterocycles. The standard InChI is InChI=1S/C21H27ClFN3O3/c1-14-12-26(13-15-5-6-16(22)11-18(15)23)24-19(14)28-17-7-9-25(10-8-17)20(27)29-21(2,3)4/h5-6,11-12,17H,7-10,13H2,1-4H3. The maximum absolute atomic E-state index is 14.0. The van der Waals surface area contributed by atoms with E-state index in [1.54, 1.807) is 21.7 Å². The lowest BCUT2D eigenvalue weighted by Crippen LogP contribution is -2.44. The summed E-state index contributed by atoms with van der Waals surface area (Å²) in [6, 6.07) is 4.61. The largest absolute Gasteiger partial charge is 0.473 e. The van der Waals surface area contributed by atoms with Gasteiger partial charge in [-0.2, -0.15) is 0 Å². The number of hydrogen-bond acceptors (Lipinski definition) is 4. The number of benzene rings is 1. The molecule has 0 bridgehead atoms. The van der Waals surface area contributed by atoms with Crippen molar-refractivity contribution < 1.29 is 18.7 Å². The Labute approximate surface area is 175 Å². The summed E-state index contributed by atoms with van der Waals surface area (Å²) in [5, 5.41) is 4.82. The normalized spacial score (nSPS) is 15.4. The number of aryl methyl sites for hydroxylation is 1. The number of hydrogen-bond donors (Lipinski definition) is 0. The van der Waals surface area contributed by atoms with Gasteiger partial charge in [0, 0.05) is 48.3 Å². The molecular formula is C21H27ClFN3O3. The average Bonchev–Trinajstić information content (AvgIpc) is 2.96. The van der Waals surface area contributed by atoms with Crippen LogP contribution in [-0.4, -0.2) is 45.6 Å². The van der Waals surface area contributed by atoms with Gasteiger partial charge in [0.05, 0.1) is 6.54 Å². The van der Waals surface area contributed by atoms with E-state index in [-0.39, 0.29) is 18.0 Å². The van der Waals surface area contributed by atoms with E-state index in [1.807, 2.05) is 33.9 Å². The van der Waals surface area contributed by atoms with Crippen molar-refractivity contribution >= 4 is 17.7 Å². The van der Waals surface area contributed by atoms with Gasteiger partial charge >= 0.3 is 6.09 Å². The van der Waals surface area contributed by atoms with E-state index >= 15 is 0 Å². The average molecular weight is 424 g/mol. The van der Waals surface area contributed by atoms with Gasteiger partial charge < -0.3 is 14.4 Å². The molecule has 0 atom stereocenters. The first-order valence-corrected chi connectivity index (χ1v) is 10.1. The van der Waals surface area contributed by atoms with Gasteiger partial charge in [-0.1, -0.05) is 17.7 Å². The molecule has 8 heteroatoms. The summed E-state index contributed by atoms with van der Waals surface area (Å²) in [5.41, 5.74) is 0.890. The predicted molar refractivity (Wildman–Crippen MR) is 109 cm³/mol. The Morgan fingerprint density at radius 1 is 1.31 bits per heavy atom. The second kappa shape index (κ2) is 8.61. The third-order valence-electron chi connectivity index (χ3n) is 4.62. The molecule has 158 valence electrons. The van der Waals surface area contributed by atoms with Gasteiger partial charge in [-0.05, 0) is 39.8 Å². The van der Waals surface area contributed by atoms with Crippen LogP contribution in [0.15, 0.2) is 24.4 Å². The SMILES string of the molecule is Cc1cn(Cc2ccc(Cl)cc2F)nc1OC1CCN(C(=O)OC(C)(C)C)CC1. The van der Waals surface area contributed by atoms with Crippen molar-refractivity contribution in [3.05, 3.63) is 46.4 Å². The zero-order valence-electron chi connectivity index (χ0n) is 17.2. The topological polar surface area (TPSA) is 56.6 Å². The summed E-state index contributed by atoms with van der Waals surface area (Å²) < 4.78 is 27.2. The quantitative estimate of drug-likeness (QED) is 0.708. The predicted octanol–water partition coefficient (Wildman–Crippen LogP) is 4.81. The molecule has 2 heterocycles. The van der Waals surface area contributed by atoms with Crippen molar-refractivity contribution in [1.82, 2.24) is 14.7 Å². The number of piperidine rings is 1. The van der Waals surface area contributed by atoms with E-state index in [9.17, 15) is 9.18 Å². The lowest BCUT2D eigenvalue weighted by atomic mass is 10.1. The smallest absolute Gasteiger partial charge is 0.410 e. The second-order valence-electron chi connectivity index (χ2n) is 8.34. The van der Waals surface area contributed by atoms with Gasteiger partial charge in [-0.25, -0.2) is 9.18 Å². The molecule has 29 heavy (non-hydrogen) atoms. The van der Waals surface area contributed by atoms with Crippen molar-refractivity contribution in [3.8, 4) is 5.88 Å². The molecule has 1 aromatic heterocycles. The van der Waals surface area contributed by atoms with E-state index < -0.39 is 5.60 Å². The number of likely N-dealkylation sites (tertiary alicyclic amines) is 1. The molecule has 0 N–H and O–H groups in total. The Hall–Kier alpha value is -2.28. The molecule has 2 aromatic rings. The monoisotopic (exact) mass is 423 g/mol. The highest BCUT2D eigenvalue weighted by atomic mass is 35.5. The van der Waals surface area contributed by atoms with Crippen LogP contribution < -0.4 is 4.74 Å². The Balaban J connectivity index is 1.56. The van der Waals surface area contributed by atoms with Gasteiger partial charge in [0.25, 0.3) is 0 Å². The molecule has 1 aromatic carbocycles. The van der Waals surface area contributed by atoms with Crippen molar-refractivity contribution in [2.45, 2.75) is 58.8 Å². The third-order valence-corrected chi connectivity index (χ3v) is 4.85. The number of carbonyl (C=O) groups is 1. The summed E-state index contributed by atoms with van der Waals surface area (Å²) in [7, 11) is 0. The highest BCUT2D eigenvalue weighted by molar-refractivity contribution is 6.30. The first-order valence-electron chi connectivity index (χ1n) is 9.73. The number of rotatable bonds is 4. The maximum atomic E-state index is 14.0. The molecule has 0 unspecified atom stereocenters. The zero-order chi connectivity index (χ0) is 21.2. The number of ether oxygens (including phenoxy) is 2. The van der Waals surface area contributed by atoms with Gasteiger partial charge in [0.1, 0.15) is 17.5 Å². The van der Waals surface area contributed by atoms with Crippen LogP contribution in [0.3, 0.4) is 0 Å². The molecule has 0 saturated carbocycles. The van der Waals surface area contributed by atoms with E-state index in [2.05, 4.69) is 5.10 Å². The molecule has 1 fully saturated rings. The molecule has 3 rings (SSSR count). The second-order valence-corrected chi connectivity index (χ2v) is 8.77. The minimum Gasteiger partial charge on any atom is -0.473 e. The van der Waals surface area contributed by atoms with Gasteiger partial charge in [-0.3, -0.25) is 4.68 Å². The van der Waals surface area contributed by atoms with E-state index in [1.165, 1.54) is 6.07 Å². The molecule has 6 nitrogen and oxygen atoms in total. The highest BCUT2D eigenvalue weighted by Gasteiger charge is 2.28. The third kappa shape index (κ3) is 5.85. The van der Waals surface area contributed by atoms with Crippen molar-refractivity contribution in [1.29, 1.82) is 0 Å². The Morgan fingerprint density at radius 3 is 2.62 bits per heavy atom. The van der Waals surface area contributed by atoms with Gasteiger partial charge in [0.15, 0.2) is 0 Å². The molecule has 1 amide bonds. The van der Waals surface area contributed by atoms with Crippen LogP contribution in [0.5, 0.6) is 5.88 Å². The van der Waals surface area contributed by atoms with Crippen LogP contribution in [0, 0.1) is 12.7 Å². The minimum atomic E-state index is -0.502. The summed E-state index contributed by atoms with van der Waals surface area (Å²) in [4.78, 5) is 13.9. The molecule has 0 spiro atoms. The molecule has 0 radical (unpaired) electrons. The zero-order valence-corrected chi connectivity index (χ0v) is 18.0. The van der Waals surface area contributed by atoms with Crippen LogP contribution in [0.4, 0.5) is 9.18 Å². The number of amides is 1. The minimum absolute atomic E-state index is 0.0250. The molecule has 0 aliphatic carbocycles. The number of halogens is 2.